The van der Waals surface area contributed by atoms with E-state index in [1.54, 1.807) is 0 Å². The first-order chi connectivity index (χ1) is 8.60. The second-order valence-corrected chi connectivity index (χ2v) is 5.22. The molecule has 1 fully saturated rings. The molecule has 102 valence electrons. The van der Waals surface area contributed by atoms with Gasteiger partial charge in [0.05, 0.1) is 30.1 Å². The molecule has 0 amide bonds. The maximum atomic E-state index is 5.95. The number of nitrogens with zero attached hydrogens (tertiary/aromatic N) is 3. The Bertz CT molecular complexity index is 392. The number of hydrogen-bond acceptors (Lipinski definition) is 4. The van der Waals surface area contributed by atoms with Crippen LogP contribution in [0.3, 0.4) is 0 Å². The highest BCUT2D eigenvalue weighted by Gasteiger charge is 2.42. The molecule has 1 saturated heterocycles. The van der Waals surface area contributed by atoms with Crippen LogP contribution in [0.5, 0.6) is 0 Å². The van der Waals surface area contributed by atoms with Gasteiger partial charge in [0.1, 0.15) is 0 Å². The second-order valence-electron chi connectivity index (χ2n) is 5.22. The van der Waals surface area contributed by atoms with E-state index in [0.29, 0.717) is 17.9 Å². The highest BCUT2D eigenvalue weighted by atomic mass is 16.5. The Morgan fingerprint density at radius 3 is 2.61 bits per heavy atom. The van der Waals surface area contributed by atoms with Crippen molar-refractivity contribution in [3.8, 4) is 0 Å². The van der Waals surface area contributed by atoms with Crippen molar-refractivity contribution in [3.63, 3.8) is 0 Å². The van der Waals surface area contributed by atoms with Crippen molar-refractivity contribution in [2.45, 2.75) is 52.5 Å². The molecule has 0 bridgehead atoms. The molecular weight excluding hydrogens is 228 g/mol. The van der Waals surface area contributed by atoms with Crippen LogP contribution in [-0.4, -0.2) is 34.2 Å². The Balaban J connectivity index is 2.29. The van der Waals surface area contributed by atoms with Gasteiger partial charge in [-0.25, -0.2) is 4.68 Å². The molecule has 2 rings (SSSR count). The van der Waals surface area contributed by atoms with Crippen molar-refractivity contribution >= 4 is 0 Å². The van der Waals surface area contributed by atoms with E-state index in [1.165, 1.54) is 0 Å². The molecule has 1 N–H and O–H groups in total. The molecule has 1 aromatic heterocycles. The van der Waals surface area contributed by atoms with Gasteiger partial charge in [0.15, 0.2) is 0 Å². The van der Waals surface area contributed by atoms with E-state index in [-0.39, 0.29) is 12.1 Å². The first-order valence-corrected chi connectivity index (χ1v) is 6.81. The zero-order chi connectivity index (χ0) is 13.3. The summed E-state index contributed by atoms with van der Waals surface area (Å²) >= 11 is 0. The number of ether oxygens (including phenoxy) is 1. The predicted octanol–water partition coefficient (Wildman–Crippen LogP) is 1.62. The fourth-order valence-corrected chi connectivity index (χ4v) is 3.16. The summed E-state index contributed by atoms with van der Waals surface area (Å²) in [4.78, 5) is 0. The fraction of sp³-hybridized carbons (Fsp3) is 0.846. The minimum Gasteiger partial charge on any atom is -0.375 e. The second kappa shape index (κ2) is 5.36. The normalized spacial score (nSPS) is 33.8. The number of hydrogen-bond donors (Lipinski definition) is 1. The summed E-state index contributed by atoms with van der Waals surface area (Å²) in [6, 6.07) is 0.245. The van der Waals surface area contributed by atoms with Crippen LogP contribution < -0.4 is 5.32 Å². The maximum Gasteiger partial charge on any atom is 0.0760 e. The summed E-state index contributed by atoms with van der Waals surface area (Å²) in [7, 11) is 2.00. The van der Waals surface area contributed by atoms with Gasteiger partial charge in [-0.05, 0) is 33.7 Å². The summed E-state index contributed by atoms with van der Waals surface area (Å²) in [5, 5.41) is 11.6. The third kappa shape index (κ3) is 2.17. The zero-order valence-electron chi connectivity index (χ0n) is 11.9. The minimum absolute atomic E-state index is 0.245. The smallest absolute Gasteiger partial charge is 0.0760 e. The summed E-state index contributed by atoms with van der Waals surface area (Å²) < 4.78 is 7.91. The lowest BCUT2D eigenvalue weighted by Crippen LogP contribution is -2.34. The van der Waals surface area contributed by atoms with E-state index in [9.17, 15) is 0 Å². The van der Waals surface area contributed by atoms with Gasteiger partial charge in [0.2, 0.25) is 0 Å². The number of rotatable bonds is 4. The van der Waals surface area contributed by atoms with Crippen LogP contribution in [0.1, 0.15) is 39.4 Å². The van der Waals surface area contributed by atoms with Crippen LogP contribution in [-0.2, 0) is 11.3 Å². The van der Waals surface area contributed by atoms with E-state index in [0.717, 1.165) is 12.2 Å². The first-order valence-electron chi connectivity index (χ1n) is 6.81. The SMILES string of the molecule is CCn1nncc1C(NC)C1C(C)OC(C)C1C. The average molecular weight is 252 g/mol. The van der Waals surface area contributed by atoms with Crippen molar-refractivity contribution in [3.05, 3.63) is 11.9 Å². The topological polar surface area (TPSA) is 52.0 Å². The van der Waals surface area contributed by atoms with Crippen LogP contribution in [0.15, 0.2) is 6.20 Å². The molecular formula is C13H24N4O. The van der Waals surface area contributed by atoms with Crippen LogP contribution in [0.2, 0.25) is 0 Å². The number of aryl methyl sites for hydroxylation is 1. The van der Waals surface area contributed by atoms with Gasteiger partial charge < -0.3 is 10.1 Å². The van der Waals surface area contributed by atoms with Crippen molar-refractivity contribution in [1.29, 1.82) is 0 Å². The summed E-state index contributed by atoms with van der Waals surface area (Å²) in [5.41, 5.74) is 1.15. The Labute approximate surface area is 109 Å². The molecule has 0 aromatic carbocycles. The number of nitrogens with one attached hydrogen (secondary N) is 1. The van der Waals surface area contributed by atoms with Crippen LogP contribution in [0, 0.1) is 11.8 Å². The minimum atomic E-state index is 0.245. The van der Waals surface area contributed by atoms with Crippen molar-refractivity contribution in [1.82, 2.24) is 20.3 Å². The van der Waals surface area contributed by atoms with Crippen LogP contribution in [0.25, 0.3) is 0 Å². The van der Waals surface area contributed by atoms with Crippen molar-refractivity contribution < 1.29 is 4.74 Å². The molecule has 1 aliphatic rings. The molecule has 18 heavy (non-hydrogen) atoms. The lowest BCUT2D eigenvalue weighted by Gasteiger charge is -2.28. The highest BCUT2D eigenvalue weighted by Crippen LogP contribution is 2.40. The standard InChI is InChI=1S/C13H24N4O/c1-6-17-11(7-15-16-17)13(14-5)12-8(2)9(3)18-10(12)4/h7-10,12-14H,6H2,1-5H3. The van der Waals surface area contributed by atoms with Crippen LogP contribution in [0.4, 0.5) is 0 Å². The van der Waals surface area contributed by atoms with Crippen molar-refractivity contribution in [2.24, 2.45) is 11.8 Å². The van der Waals surface area contributed by atoms with Gasteiger partial charge in [-0.3, -0.25) is 0 Å². The highest BCUT2D eigenvalue weighted by molar-refractivity contribution is 5.08. The Hall–Kier alpha value is -0.940. The quantitative estimate of drug-likeness (QED) is 0.884. The predicted molar refractivity (Wildman–Crippen MR) is 70.2 cm³/mol. The van der Waals surface area contributed by atoms with Gasteiger partial charge in [-0.15, -0.1) is 5.10 Å². The lowest BCUT2D eigenvalue weighted by molar-refractivity contribution is 0.0474. The summed E-state index contributed by atoms with van der Waals surface area (Å²) in [5.74, 6) is 0.978. The van der Waals surface area contributed by atoms with Gasteiger partial charge in [-0.1, -0.05) is 12.1 Å². The molecule has 5 atom stereocenters. The molecule has 2 heterocycles. The van der Waals surface area contributed by atoms with Gasteiger partial charge in [0.25, 0.3) is 0 Å². The van der Waals surface area contributed by atoms with Crippen LogP contribution >= 0.6 is 0 Å². The maximum absolute atomic E-state index is 5.95. The average Bonchev–Trinajstić information content (AvgIpc) is 2.90. The first kappa shape index (κ1) is 13.5. The summed E-state index contributed by atoms with van der Waals surface area (Å²) in [6.07, 6.45) is 2.44. The zero-order valence-corrected chi connectivity index (χ0v) is 11.9. The molecule has 5 heteroatoms. The summed E-state index contributed by atoms with van der Waals surface area (Å²) in [6.45, 7) is 9.52. The van der Waals surface area contributed by atoms with E-state index < -0.39 is 0 Å². The van der Waals surface area contributed by atoms with E-state index in [4.69, 9.17) is 4.74 Å². The number of aromatic nitrogens is 3. The molecule has 0 spiro atoms. The van der Waals surface area contributed by atoms with E-state index >= 15 is 0 Å². The fourth-order valence-electron chi connectivity index (χ4n) is 3.16. The molecule has 0 radical (unpaired) electrons. The Kier molecular flexibility index (Phi) is 4.02. The van der Waals surface area contributed by atoms with E-state index in [1.807, 2.05) is 17.9 Å². The van der Waals surface area contributed by atoms with E-state index in [2.05, 4.69) is 43.3 Å². The molecule has 1 aromatic rings. The largest absolute Gasteiger partial charge is 0.375 e. The van der Waals surface area contributed by atoms with Gasteiger partial charge >= 0.3 is 0 Å². The molecule has 0 saturated carbocycles. The Morgan fingerprint density at radius 2 is 2.11 bits per heavy atom. The molecule has 5 unspecified atom stereocenters. The van der Waals surface area contributed by atoms with Gasteiger partial charge in [-0.2, -0.15) is 0 Å². The van der Waals surface area contributed by atoms with Crippen molar-refractivity contribution in [2.75, 3.05) is 7.05 Å². The monoisotopic (exact) mass is 252 g/mol. The third-order valence-corrected chi connectivity index (χ3v) is 4.28. The Morgan fingerprint density at radius 1 is 1.39 bits per heavy atom. The third-order valence-electron chi connectivity index (χ3n) is 4.28. The van der Waals surface area contributed by atoms with Gasteiger partial charge in [0, 0.05) is 12.5 Å². The molecule has 5 nitrogen and oxygen atoms in total. The lowest BCUT2D eigenvalue weighted by atomic mass is 9.82. The molecule has 1 aliphatic heterocycles. The molecule has 0 aliphatic carbocycles.